The van der Waals surface area contributed by atoms with Gasteiger partial charge in [-0.15, -0.1) is 0 Å². The van der Waals surface area contributed by atoms with Crippen LogP contribution < -0.4 is 9.80 Å². The highest BCUT2D eigenvalue weighted by Crippen LogP contribution is 2.39. The van der Waals surface area contributed by atoms with Gasteiger partial charge in [0.1, 0.15) is 0 Å². The lowest BCUT2D eigenvalue weighted by atomic mass is 9.99. The van der Waals surface area contributed by atoms with Crippen molar-refractivity contribution in [3.05, 3.63) is 57.6 Å². The molecule has 0 radical (unpaired) electrons. The Morgan fingerprint density at radius 1 is 1.07 bits per heavy atom. The summed E-state index contributed by atoms with van der Waals surface area (Å²) in [4.78, 5) is 28.2. The minimum absolute atomic E-state index is 0.176. The predicted octanol–water partition coefficient (Wildman–Crippen LogP) is 5.19. The topological polar surface area (TPSA) is 60.9 Å². The Hall–Kier alpha value is -2.53. The van der Waals surface area contributed by atoms with E-state index in [2.05, 4.69) is 0 Å². The average Bonchev–Trinajstić information content (AvgIpc) is 2.63. The Kier molecular flexibility index (Phi) is 5.16. The van der Waals surface area contributed by atoms with Crippen molar-refractivity contribution >= 4 is 35.0 Å². The number of aryl methyl sites for hydroxylation is 3. The van der Waals surface area contributed by atoms with Gasteiger partial charge in [-0.3, -0.25) is 9.69 Å². The largest absolute Gasteiger partial charge is 0.465 e. The second-order valence-electron chi connectivity index (χ2n) is 7.02. The monoisotopic (exact) mass is 386 g/mol. The highest BCUT2D eigenvalue weighted by atomic mass is 35.5. The summed E-state index contributed by atoms with van der Waals surface area (Å²) in [7, 11) is 0. The first kappa shape index (κ1) is 19.2. The van der Waals surface area contributed by atoms with E-state index in [0.717, 1.165) is 16.7 Å². The molecule has 6 heteroatoms. The Morgan fingerprint density at radius 3 is 2.26 bits per heavy atom. The van der Waals surface area contributed by atoms with Gasteiger partial charge in [0.25, 0.3) is 5.91 Å². The lowest BCUT2D eigenvalue weighted by molar-refractivity contribution is 0.0982. The molecule has 0 aromatic heterocycles. The maximum Gasteiger partial charge on any atom is 0.412 e. The zero-order valence-electron chi connectivity index (χ0n) is 15.9. The number of hydrogen-bond acceptors (Lipinski definition) is 2. The molecule has 1 aliphatic heterocycles. The summed E-state index contributed by atoms with van der Waals surface area (Å²) in [5.74, 6) is -0.176. The number of rotatable bonds is 2. The lowest BCUT2D eigenvalue weighted by Crippen LogP contribution is -2.52. The normalized spacial score (nSPS) is 16.3. The van der Waals surface area contributed by atoms with Crippen LogP contribution in [0.2, 0.25) is 5.02 Å². The average molecular weight is 387 g/mol. The van der Waals surface area contributed by atoms with Crippen LogP contribution in [-0.4, -0.2) is 29.7 Å². The quantitative estimate of drug-likeness (QED) is 0.772. The van der Waals surface area contributed by atoms with Crippen molar-refractivity contribution < 1.29 is 14.7 Å². The highest BCUT2D eigenvalue weighted by Gasteiger charge is 2.37. The Labute approximate surface area is 164 Å². The Morgan fingerprint density at radius 2 is 1.70 bits per heavy atom. The number of nitrogens with zero attached hydrogens (tertiary/aromatic N) is 2. The zero-order chi connectivity index (χ0) is 19.9. The van der Waals surface area contributed by atoms with Gasteiger partial charge in [0.2, 0.25) is 0 Å². The first-order valence-corrected chi connectivity index (χ1v) is 9.33. The van der Waals surface area contributed by atoms with E-state index in [9.17, 15) is 14.7 Å². The van der Waals surface area contributed by atoms with Crippen LogP contribution in [0, 0.1) is 20.8 Å². The van der Waals surface area contributed by atoms with Gasteiger partial charge in [-0.25, -0.2) is 4.79 Å². The van der Waals surface area contributed by atoms with Gasteiger partial charge in [-0.05, 0) is 68.1 Å². The summed E-state index contributed by atoms with van der Waals surface area (Å²) < 4.78 is 0. The van der Waals surface area contributed by atoms with E-state index < -0.39 is 6.09 Å². The number of carbonyl (C=O) groups is 2. The summed E-state index contributed by atoms with van der Waals surface area (Å²) in [5.41, 5.74) is 4.56. The summed E-state index contributed by atoms with van der Waals surface area (Å²) >= 11 is 6.21. The molecule has 0 saturated carbocycles. The van der Waals surface area contributed by atoms with Crippen LogP contribution in [0.25, 0.3) is 0 Å². The van der Waals surface area contributed by atoms with Crippen molar-refractivity contribution in [3.63, 3.8) is 0 Å². The van der Waals surface area contributed by atoms with Crippen LogP contribution in [0.3, 0.4) is 0 Å². The van der Waals surface area contributed by atoms with Crippen LogP contribution in [0.4, 0.5) is 16.2 Å². The number of carbonyl (C=O) groups excluding carboxylic acids is 1. The highest BCUT2D eigenvalue weighted by molar-refractivity contribution is 6.31. The SMILES string of the molecule is CCC1CN(C(=O)c2ccc(C)c(Cl)c2)c2cc(C)c(C)cc2N1C(=O)O. The van der Waals surface area contributed by atoms with Gasteiger partial charge in [-0.1, -0.05) is 24.6 Å². The molecule has 0 saturated heterocycles. The molecule has 0 spiro atoms. The number of carboxylic acid groups (broad SMARTS) is 1. The molecule has 0 aliphatic carbocycles. The van der Waals surface area contributed by atoms with Gasteiger partial charge in [0, 0.05) is 17.1 Å². The molecule has 0 bridgehead atoms. The summed E-state index contributed by atoms with van der Waals surface area (Å²) in [6.45, 7) is 8.02. The molecule has 1 N–H and O–H groups in total. The lowest BCUT2D eigenvalue weighted by Gasteiger charge is -2.41. The van der Waals surface area contributed by atoms with Crippen LogP contribution in [-0.2, 0) is 0 Å². The molecule has 142 valence electrons. The Balaban J connectivity index is 2.14. The number of hydrogen-bond donors (Lipinski definition) is 1. The summed E-state index contributed by atoms with van der Waals surface area (Å²) in [6.07, 6.45) is -0.395. The van der Waals surface area contributed by atoms with E-state index in [1.54, 1.807) is 17.0 Å². The van der Waals surface area contributed by atoms with Gasteiger partial charge >= 0.3 is 6.09 Å². The maximum atomic E-state index is 13.3. The van der Waals surface area contributed by atoms with Crippen LogP contribution in [0.5, 0.6) is 0 Å². The molecule has 1 heterocycles. The van der Waals surface area contributed by atoms with Crippen LogP contribution in [0.1, 0.15) is 40.4 Å². The standard InChI is InChI=1S/C21H23ClN2O3/c1-5-16-11-23(20(25)15-7-6-12(2)17(22)10-15)18-8-13(3)14(4)9-19(18)24(16)21(26)27/h6-10,16H,5,11H2,1-4H3,(H,26,27). The fourth-order valence-electron chi connectivity index (χ4n) is 3.43. The van der Waals surface area contributed by atoms with Crippen molar-refractivity contribution in [2.75, 3.05) is 16.3 Å². The molecule has 2 aromatic rings. The molecular formula is C21H23ClN2O3. The minimum atomic E-state index is -1.00. The molecule has 1 atom stereocenters. The molecule has 27 heavy (non-hydrogen) atoms. The fraction of sp³-hybridized carbons (Fsp3) is 0.333. The third-order valence-electron chi connectivity index (χ3n) is 5.24. The van der Waals surface area contributed by atoms with Crippen molar-refractivity contribution in [2.45, 2.75) is 40.2 Å². The molecule has 1 aliphatic rings. The van der Waals surface area contributed by atoms with Crippen molar-refractivity contribution in [1.82, 2.24) is 0 Å². The fourth-order valence-corrected chi connectivity index (χ4v) is 3.61. The van der Waals surface area contributed by atoms with E-state index in [0.29, 0.717) is 34.9 Å². The first-order valence-electron chi connectivity index (χ1n) is 8.96. The first-order chi connectivity index (χ1) is 12.7. The second-order valence-corrected chi connectivity index (χ2v) is 7.43. The van der Waals surface area contributed by atoms with E-state index in [1.165, 1.54) is 4.90 Å². The van der Waals surface area contributed by atoms with Gasteiger partial charge < -0.3 is 10.0 Å². The van der Waals surface area contributed by atoms with Crippen molar-refractivity contribution in [3.8, 4) is 0 Å². The maximum absolute atomic E-state index is 13.3. The minimum Gasteiger partial charge on any atom is -0.465 e. The molecule has 2 aromatic carbocycles. The number of anilines is 2. The predicted molar refractivity (Wildman–Crippen MR) is 108 cm³/mol. The zero-order valence-corrected chi connectivity index (χ0v) is 16.7. The number of halogens is 1. The van der Waals surface area contributed by atoms with E-state index in [1.807, 2.05) is 45.9 Å². The van der Waals surface area contributed by atoms with Crippen molar-refractivity contribution in [2.24, 2.45) is 0 Å². The number of benzene rings is 2. The molecule has 5 nitrogen and oxygen atoms in total. The van der Waals surface area contributed by atoms with E-state index in [4.69, 9.17) is 11.6 Å². The summed E-state index contributed by atoms with van der Waals surface area (Å²) in [5, 5.41) is 10.3. The molecule has 2 amide bonds. The number of fused-ring (bicyclic) bond motifs is 1. The van der Waals surface area contributed by atoms with Crippen molar-refractivity contribution in [1.29, 1.82) is 0 Å². The van der Waals surface area contributed by atoms with Gasteiger partial charge in [0.05, 0.1) is 17.4 Å². The van der Waals surface area contributed by atoms with E-state index >= 15 is 0 Å². The molecule has 0 fully saturated rings. The molecule has 1 unspecified atom stereocenters. The van der Waals surface area contributed by atoms with Gasteiger partial charge in [0.15, 0.2) is 0 Å². The Bertz CT molecular complexity index is 926. The molecule has 3 rings (SSSR count). The third kappa shape index (κ3) is 3.39. The smallest absolute Gasteiger partial charge is 0.412 e. The van der Waals surface area contributed by atoms with Crippen LogP contribution >= 0.6 is 11.6 Å². The third-order valence-corrected chi connectivity index (χ3v) is 5.65. The summed E-state index contributed by atoms with van der Waals surface area (Å²) in [6, 6.07) is 8.69. The van der Waals surface area contributed by atoms with Gasteiger partial charge in [-0.2, -0.15) is 0 Å². The second kappa shape index (κ2) is 7.24. The van der Waals surface area contributed by atoms with Crippen LogP contribution in [0.15, 0.2) is 30.3 Å². The molecular weight excluding hydrogens is 364 g/mol. The van der Waals surface area contributed by atoms with E-state index in [-0.39, 0.29) is 11.9 Å². The number of amides is 2.